The fourth-order valence-corrected chi connectivity index (χ4v) is 2.94. The average Bonchev–Trinajstić information content (AvgIpc) is 2.36. The molecule has 1 amide bonds. The standard InChI is InChI=1S/C15H20N2O3/c1-10-11(6-4-8-16-10)13(18)17-9-5-7-15(2,3)12(17)14(19)20/h4,6,8,12H,5,7,9H2,1-3H3,(H,19,20). The smallest absolute Gasteiger partial charge is 0.326 e. The molecule has 2 heterocycles. The first-order chi connectivity index (χ1) is 9.34. The Balaban J connectivity index is 2.37. The van der Waals surface area contributed by atoms with E-state index in [0.29, 0.717) is 17.8 Å². The van der Waals surface area contributed by atoms with Crippen molar-refractivity contribution in [1.82, 2.24) is 9.88 Å². The van der Waals surface area contributed by atoms with Gasteiger partial charge < -0.3 is 10.0 Å². The highest BCUT2D eigenvalue weighted by molar-refractivity contribution is 5.97. The highest BCUT2D eigenvalue weighted by Crippen LogP contribution is 2.36. The number of rotatable bonds is 2. The Bertz CT molecular complexity index is 540. The topological polar surface area (TPSA) is 70.5 Å². The Hall–Kier alpha value is -1.91. The molecule has 0 aliphatic carbocycles. The fraction of sp³-hybridized carbons (Fsp3) is 0.533. The van der Waals surface area contributed by atoms with Gasteiger partial charge in [-0.1, -0.05) is 13.8 Å². The van der Waals surface area contributed by atoms with Crippen molar-refractivity contribution in [2.24, 2.45) is 5.41 Å². The molecule has 0 spiro atoms. The lowest BCUT2D eigenvalue weighted by molar-refractivity contribution is -0.148. The number of carboxylic acid groups (broad SMARTS) is 1. The largest absolute Gasteiger partial charge is 0.480 e. The van der Waals surface area contributed by atoms with E-state index in [4.69, 9.17) is 0 Å². The quantitative estimate of drug-likeness (QED) is 0.898. The third kappa shape index (κ3) is 2.53. The van der Waals surface area contributed by atoms with Gasteiger partial charge in [0.1, 0.15) is 6.04 Å². The van der Waals surface area contributed by atoms with Crippen LogP contribution in [0.1, 0.15) is 42.7 Å². The molecule has 2 rings (SSSR count). The Morgan fingerprint density at radius 2 is 2.15 bits per heavy atom. The maximum Gasteiger partial charge on any atom is 0.326 e. The summed E-state index contributed by atoms with van der Waals surface area (Å²) in [6.07, 6.45) is 3.25. The van der Waals surface area contributed by atoms with Crippen LogP contribution in [-0.4, -0.2) is 39.5 Å². The van der Waals surface area contributed by atoms with Crippen molar-refractivity contribution < 1.29 is 14.7 Å². The fourth-order valence-electron chi connectivity index (χ4n) is 2.94. The van der Waals surface area contributed by atoms with Gasteiger partial charge in [-0.05, 0) is 37.3 Å². The second-order valence-electron chi connectivity index (χ2n) is 5.97. The van der Waals surface area contributed by atoms with Gasteiger partial charge in [0, 0.05) is 18.4 Å². The number of carboxylic acids is 1. The molecule has 108 valence electrons. The molecular formula is C15H20N2O3. The van der Waals surface area contributed by atoms with Gasteiger partial charge in [0.05, 0.1) is 5.56 Å². The van der Waals surface area contributed by atoms with Gasteiger partial charge in [-0.2, -0.15) is 0 Å². The minimum atomic E-state index is -0.940. The molecule has 0 radical (unpaired) electrons. The molecule has 1 aromatic rings. The van der Waals surface area contributed by atoms with Crippen molar-refractivity contribution in [3.05, 3.63) is 29.6 Å². The van der Waals surface area contributed by atoms with Gasteiger partial charge in [0.15, 0.2) is 0 Å². The number of hydrogen-bond donors (Lipinski definition) is 1. The van der Waals surface area contributed by atoms with E-state index in [-0.39, 0.29) is 5.91 Å². The van der Waals surface area contributed by atoms with Crippen LogP contribution in [0.4, 0.5) is 0 Å². The molecule has 1 aliphatic rings. The second kappa shape index (κ2) is 5.23. The van der Waals surface area contributed by atoms with Crippen molar-refractivity contribution in [2.45, 2.75) is 39.7 Å². The number of aliphatic carboxylic acids is 1. The van der Waals surface area contributed by atoms with E-state index in [9.17, 15) is 14.7 Å². The van der Waals surface area contributed by atoms with Gasteiger partial charge in [-0.3, -0.25) is 9.78 Å². The first-order valence-corrected chi connectivity index (χ1v) is 6.80. The lowest BCUT2D eigenvalue weighted by Gasteiger charge is -2.44. The van der Waals surface area contributed by atoms with E-state index < -0.39 is 17.4 Å². The Morgan fingerprint density at radius 3 is 2.75 bits per heavy atom. The van der Waals surface area contributed by atoms with Gasteiger partial charge in [-0.25, -0.2) is 4.79 Å². The van der Waals surface area contributed by atoms with E-state index in [1.807, 2.05) is 13.8 Å². The van der Waals surface area contributed by atoms with Gasteiger partial charge in [0.25, 0.3) is 5.91 Å². The van der Waals surface area contributed by atoms with Crippen LogP contribution in [0.25, 0.3) is 0 Å². The van der Waals surface area contributed by atoms with Crippen LogP contribution >= 0.6 is 0 Å². The first-order valence-electron chi connectivity index (χ1n) is 6.80. The zero-order valence-electron chi connectivity index (χ0n) is 12.1. The molecule has 1 fully saturated rings. The van der Waals surface area contributed by atoms with Crippen LogP contribution < -0.4 is 0 Å². The molecule has 1 saturated heterocycles. The van der Waals surface area contributed by atoms with Crippen LogP contribution in [0.2, 0.25) is 0 Å². The maximum atomic E-state index is 12.6. The number of nitrogens with zero attached hydrogens (tertiary/aromatic N) is 2. The normalized spacial score (nSPS) is 21.6. The number of aryl methyl sites for hydroxylation is 1. The van der Waals surface area contributed by atoms with E-state index in [0.717, 1.165) is 12.8 Å². The Morgan fingerprint density at radius 1 is 1.45 bits per heavy atom. The zero-order chi connectivity index (χ0) is 14.9. The number of piperidine rings is 1. The number of carbonyl (C=O) groups excluding carboxylic acids is 1. The number of hydrogen-bond acceptors (Lipinski definition) is 3. The molecule has 0 saturated carbocycles. The summed E-state index contributed by atoms with van der Waals surface area (Å²) in [5, 5.41) is 9.50. The van der Waals surface area contributed by atoms with E-state index in [2.05, 4.69) is 4.98 Å². The molecular weight excluding hydrogens is 256 g/mol. The van der Waals surface area contributed by atoms with Crippen LogP contribution in [0.5, 0.6) is 0 Å². The Labute approximate surface area is 118 Å². The van der Waals surface area contributed by atoms with Gasteiger partial charge in [0.2, 0.25) is 0 Å². The van der Waals surface area contributed by atoms with E-state index >= 15 is 0 Å². The lowest BCUT2D eigenvalue weighted by atomic mass is 9.76. The number of pyridine rings is 1. The summed E-state index contributed by atoms with van der Waals surface area (Å²) in [6.45, 7) is 6.05. The number of amides is 1. The number of likely N-dealkylation sites (tertiary alicyclic amines) is 1. The van der Waals surface area contributed by atoms with Crippen LogP contribution in [-0.2, 0) is 4.79 Å². The predicted molar refractivity (Wildman–Crippen MR) is 74.4 cm³/mol. The number of aromatic nitrogens is 1. The van der Waals surface area contributed by atoms with Crippen LogP contribution in [0.3, 0.4) is 0 Å². The highest BCUT2D eigenvalue weighted by Gasteiger charge is 2.44. The molecule has 1 aliphatic heterocycles. The summed E-state index contributed by atoms with van der Waals surface area (Å²) in [7, 11) is 0. The summed E-state index contributed by atoms with van der Waals surface area (Å²) in [6, 6.07) is 2.61. The zero-order valence-corrected chi connectivity index (χ0v) is 12.1. The molecule has 1 N–H and O–H groups in total. The monoisotopic (exact) mass is 276 g/mol. The first kappa shape index (κ1) is 14.5. The van der Waals surface area contributed by atoms with Crippen LogP contribution in [0, 0.1) is 12.3 Å². The third-order valence-electron chi connectivity index (χ3n) is 4.00. The van der Waals surface area contributed by atoms with E-state index in [1.54, 1.807) is 25.3 Å². The van der Waals surface area contributed by atoms with Crippen molar-refractivity contribution in [3.63, 3.8) is 0 Å². The summed E-state index contributed by atoms with van der Waals surface area (Å²) >= 11 is 0. The lowest BCUT2D eigenvalue weighted by Crippen LogP contribution is -2.56. The highest BCUT2D eigenvalue weighted by atomic mass is 16.4. The van der Waals surface area contributed by atoms with Crippen molar-refractivity contribution in [3.8, 4) is 0 Å². The minimum absolute atomic E-state index is 0.240. The SMILES string of the molecule is Cc1ncccc1C(=O)N1CCCC(C)(C)C1C(=O)O. The van der Waals surface area contributed by atoms with Crippen molar-refractivity contribution in [2.75, 3.05) is 6.54 Å². The summed E-state index contributed by atoms with van der Waals surface area (Å²) in [5.41, 5.74) is 0.692. The van der Waals surface area contributed by atoms with Gasteiger partial charge in [-0.15, -0.1) is 0 Å². The molecule has 0 bridgehead atoms. The summed E-state index contributed by atoms with van der Waals surface area (Å²) < 4.78 is 0. The predicted octanol–water partition coefficient (Wildman–Crippen LogP) is 2.11. The number of carbonyl (C=O) groups is 2. The Kier molecular flexibility index (Phi) is 3.79. The van der Waals surface area contributed by atoms with Crippen molar-refractivity contribution in [1.29, 1.82) is 0 Å². The summed E-state index contributed by atoms with van der Waals surface area (Å²) in [4.78, 5) is 29.8. The molecule has 1 atom stereocenters. The van der Waals surface area contributed by atoms with Crippen molar-refractivity contribution >= 4 is 11.9 Å². The summed E-state index contributed by atoms with van der Waals surface area (Å²) in [5.74, 6) is -1.18. The van der Waals surface area contributed by atoms with E-state index in [1.165, 1.54) is 4.90 Å². The second-order valence-corrected chi connectivity index (χ2v) is 5.97. The molecule has 5 nitrogen and oxygen atoms in total. The third-order valence-corrected chi connectivity index (χ3v) is 4.00. The molecule has 1 aromatic heterocycles. The molecule has 20 heavy (non-hydrogen) atoms. The molecule has 1 unspecified atom stereocenters. The minimum Gasteiger partial charge on any atom is -0.480 e. The van der Waals surface area contributed by atoms with Crippen LogP contribution in [0.15, 0.2) is 18.3 Å². The maximum absolute atomic E-state index is 12.6. The molecule has 5 heteroatoms. The average molecular weight is 276 g/mol. The van der Waals surface area contributed by atoms with Gasteiger partial charge >= 0.3 is 5.97 Å². The molecule has 0 aromatic carbocycles.